The van der Waals surface area contributed by atoms with Crippen molar-refractivity contribution >= 4 is 182 Å². The average molecular weight is 1390 g/mol. The number of rotatable bonds is 9. The number of hydrogen-bond donors (Lipinski definition) is 0. The molecule has 354 valence electrons. The fourth-order valence-electron chi connectivity index (χ4n) is 6.65. The van der Waals surface area contributed by atoms with Gasteiger partial charge in [-0.25, -0.2) is 0 Å². The van der Waals surface area contributed by atoms with E-state index in [1.165, 1.54) is 48.0 Å². The van der Waals surface area contributed by atoms with Gasteiger partial charge in [0.2, 0.25) is 0 Å². The second-order valence-electron chi connectivity index (χ2n) is 14.2. The molecule has 1 heterocycles. The summed E-state index contributed by atoms with van der Waals surface area (Å²) in [7, 11) is -1.89. The van der Waals surface area contributed by atoms with Gasteiger partial charge in [0.05, 0.1) is 5.44 Å². The average Bonchev–Trinajstić information content (AvgIpc) is 3.38. The number of pyridine rings is 1. The Kier molecular flexibility index (Phi) is 26.2. The molecule has 9 aromatic rings. The van der Waals surface area contributed by atoms with Crippen molar-refractivity contribution in [3.8, 4) is 0 Å². The number of benzene rings is 8. The quantitative estimate of drug-likeness (QED) is 0.0797. The molecule has 0 aliphatic carbocycles. The Hall–Kier alpha value is -1.56. The zero-order valence-electron chi connectivity index (χ0n) is 35.8. The van der Waals surface area contributed by atoms with Crippen LogP contribution in [-0.4, -0.2) is 4.98 Å². The molecule has 0 spiro atoms. The maximum absolute atomic E-state index is 6.02. The van der Waals surface area contributed by atoms with Gasteiger partial charge < -0.3 is 0 Å². The number of hydrogen-bond acceptors (Lipinski definition) is 1. The van der Waals surface area contributed by atoms with Crippen LogP contribution in [0.25, 0.3) is 0 Å². The van der Waals surface area contributed by atoms with Gasteiger partial charge in [0.25, 0.3) is 0 Å². The second kappa shape index (κ2) is 31.1. The van der Waals surface area contributed by atoms with E-state index in [9.17, 15) is 0 Å². The van der Waals surface area contributed by atoms with Gasteiger partial charge in [-0.05, 0) is 156 Å². The van der Waals surface area contributed by atoms with E-state index in [1.807, 2.05) is 85.1 Å². The van der Waals surface area contributed by atoms with E-state index in [1.54, 1.807) is 40.7 Å². The van der Waals surface area contributed by atoms with E-state index in [-0.39, 0.29) is 0 Å². The standard InChI is InChI=1S/2C18H12Cl3P.C18H16NP.2Cu.2HI/c2*19-13-1-7-16(8-2-13)22(17-9-3-14(20)4-10-17)18-11-5-15(21)6-12-18;1-15-12-13-19-18(14-15)20(16-8-4-2-5-9-16)17-10-6-3-7-11-17;;;;/h2*1-12H;2-14H,1H3;;;2*1H/q;;;2*+1;;/p-2. The van der Waals surface area contributed by atoms with Crippen LogP contribution in [0.5, 0.6) is 0 Å². The van der Waals surface area contributed by atoms with Gasteiger partial charge >= 0.3 is 66.2 Å². The molecule has 0 radical (unpaired) electrons. The van der Waals surface area contributed by atoms with Gasteiger partial charge in [-0.3, -0.25) is 4.98 Å². The first kappa shape index (κ1) is 57.3. The summed E-state index contributed by atoms with van der Waals surface area (Å²) in [6, 6.07) is 73.7. The summed E-state index contributed by atoms with van der Waals surface area (Å²) in [6.45, 7) is 2.12. The topological polar surface area (TPSA) is 12.9 Å². The third-order valence-corrected chi connectivity index (χ3v) is 18.4. The van der Waals surface area contributed by atoms with Crippen molar-refractivity contribution in [2.45, 2.75) is 6.92 Å². The minimum atomic E-state index is -0.659. The molecule has 9 rings (SSSR count). The monoisotopic (exact) mass is 1380 g/mol. The number of aryl methyl sites for hydroxylation is 1. The molecule has 14 heteroatoms. The summed E-state index contributed by atoms with van der Waals surface area (Å²) in [6.07, 6.45) is 1.91. The summed E-state index contributed by atoms with van der Waals surface area (Å²) < 4.78 is 0. The van der Waals surface area contributed by atoms with Crippen LogP contribution < -0.4 is 47.9 Å². The Balaban J connectivity index is 0.000000184. The van der Waals surface area contributed by atoms with Crippen LogP contribution in [0.15, 0.2) is 225 Å². The SMILES string of the molecule is Cc1ccnc(P(c2ccccc2)c2ccccc2)c1.Clc1ccc(P(c2ccc(Cl)cc2)c2ccc(Cl)cc2)cc1.Clc1ccc(P(c2ccc(Cl)cc2)c2ccc(Cl)cc2)cc1.[Cu][I].[Cu][I]. The molecule has 0 bridgehead atoms. The van der Waals surface area contributed by atoms with E-state index in [2.05, 4.69) is 177 Å². The predicted molar refractivity (Wildman–Crippen MR) is 316 cm³/mol. The zero-order chi connectivity index (χ0) is 48.8. The van der Waals surface area contributed by atoms with Crippen LogP contribution in [0.3, 0.4) is 0 Å². The molecule has 0 aliphatic heterocycles. The Morgan fingerprint density at radius 3 is 0.750 bits per heavy atom. The zero-order valence-corrected chi connectivity index (χ0v) is 49.2. The Morgan fingerprint density at radius 2 is 0.529 bits per heavy atom. The summed E-state index contributed by atoms with van der Waals surface area (Å²) >= 11 is 47.9. The molecule has 68 heavy (non-hydrogen) atoms. The first-order valence-corrected chi connectivity index (χ1v) is 32.7. The van der Waals surface area contributed by atoms with Gasteiger partial charge in [-0.2, -0.15) is 0 Å². The molecule has 1 nitrogen and oxygen atoms in total. The Labute approximate surface area is 473 Å². The van der Waals surface area contributed by atoms with Crippen LogP contribution >= 0.6 is 134 Å². The summed E-state index contributed by atoms with van der Waals surface area (Å²) in [5, 5.41) is 14.6. The van der Waals surface area contributed by atoms with Gasteiger partial charge in [0.15, 0.2) is 0 Å². The molecular formula is C54H40Cl6Cu2I2NP3. The van der Waals surface area contributed by atoms with Crippen LogP contribution in [0.1, 0.15) is 5.56 Å². The van der Waals surface area contributed by atoms with Crippen molar-refractivity contribution in [3.63, 3.8) is 0 Å². The van der Waals surface area contributed by atoms with Crippen molar-refractivity contribution in [1.82, 2.24) is 4.98 Å². The molecule has 0 saturated heterocycles. The molecule has 8 aromatic carbocycles. The number of nitrogens with zero attached hydrogens (tertiary/aromatic N) is 1. The second-order valence-corrected chi connectivity index (χ2v) is 23.4. The summed E-state index contributed by atoms with van der Waals surface area (Å²) in [4.78, 5) is 4.62. The molecular weight excluding hydrogens is 1350 g/mol. The third-order valence-electron chi connectivity index (χ3n) is 9.67. The minimum absolute atomic E-state index is 0.573. The molecule has 0 atom stereocenters. The summed E-state index contributed by atoms with van der Waals surface area (Å²) in [5.74, 6) is 0. The first-order chi connectivity index (χ1) is 33.1. The van der Waals surface area contributed by atoms with E-state index < -0.39 is 23.8 Å². The van der Waals surface area contributed by atoms with E-state index in [0.717, 1.165) is 35.6 Å². The van der Waals surface area contributed by atoms with Crippen LogP contribution in [0.4, 0.5) is 0 Å². The van der Waals surface area contributed by atoms with Crippen molar-refractivity contribution < 1.29 is 25.5 Å². The normalized spacial score (nSPS) is 10.4. The molecule has 0 fully saturated rings. The van der Waals surface area contributed by atoms with Crippen molar-refractivity contribution in [2.24, 2.45) is 0 Å². The van der Waals surface area contributed by atoms with Gasteiger partial charge in [-0.1, -0.05) is 203 Å². The van der Waals surface area contributed by atoms with Crippen LogP contribution in [-0.2, 0) is 25.5 Å². The van der Waals surface area contributed by atoms with E-state index in [0.29, 0.717) is 0 Å². The Bertz CT molecular complexity index is 2450. The Morgan fingerprint density at radius 1 is 0.309 bits per heavy atom. The molecule has 0 amide bonds. The fraction of sp³-hybridized carbons (Fsp3) is 0.0185. The van der Waals surface area contributed by atoms with Gasteiger partial charge in [-0.15, -0.1) is 0 Å². The van der Waals surface area contributed by atoms with Gasteiger partial charge in [0, 0.05) is 44.3 Å². The summed E-state index contributed by atoms with van der Waals surface area (Å²) in [5.41, 5.74) is 2.42. The molecule has 0 unspecified atom stereocenters. The third kappa shape index (κ3) is 17.9. The van der Waals surface area contributed by atoms with E-state index in [4.69, 9.17) is 69.6 Å². The molecule has 1 aromatic heterocycles. The van der Waals surface area contributed by atoms with Crippen LogP contribution in [0, 0.1) is 6.92 Å². The van der Waals surface area contributed by atoms with Crippen molar-refractivity contribution in [2.75, 3.05) is 0 Å². The number of halogens is 8. The first-order valence-electron chi connectivity index (χ1n) is 20.3. The maximum atomic E-state index is 6.02. The molecule has 0 N–H and O–H groups in total. The van der Waals surface area contributed by atoms with Gasteiger partial charge in [0.1, 0.15) is 0 Å². The van der Waals surface area contributed by atoms with Crippen molar-refractivity contribution in [1.29, 1.82) is 0 Å². The fourth-order valence-corrected chi connectivity index (χ4v) is 14.2. The molecule has 0 saturated carbocycles. The van der Waals surface area contributed by atoms with Crippen molar-refractivity contribution in [3.05, 3.63) is 260 Å². The molecule has 0 aliphatic rings. The predicted octanol–water partition coefficient (Wildman–Crippen LogP) is 15.7. The van der Waals surface area contributed by atoms with Crippen LogP contribution in [0.2, 0.25) is 30.1 Å². The number of aromatic nitrogens is 1. The van der Waals surface area contributed by atoms with E-state index >= 15 is 0 Å².